The molecule has 2 aromatic carbocycles. The molecule has 0 aliphatic heterocycles. The van der Waals surface area contributed by atoms with Crippen LogP contribution in [0, 0.1) is 13.8 Å². The van der Waals surface area contributed by atoms with Crippen LogP contribution in [0.3, 0.4) is 0 Å². The number of benzene rings is 2. The molecule has 0 unspecified atom stereocenters. The summed E-state index contributed by atoms with van der Waals surface area (Å²) >= 11 is 0. The van der Waals surface area contributed by atoms with Gasteiger partial charge in [-0.15, -0.1) is 0 Å². The van der Waals surface area contributed by atoms with E-state index in [1.165, 1.54) is 43.5 Å². The lowest BCUT2D eigenvalue weighted by molar-refractivity contribution is -0.173. The topological polar surface area (TPSA) is 72.5 Å². The Balaban J connectivity index is 2.15. The predicted octanol–water partition coefficient (Wildman–Crippen LogP) is 3.37. The second-order valence-corrected chi connectivity index (χ2v) is 8.19. The largest absolute Gasteiger partial charge is 0.496 e. The molecule has 5 nitrogen and oxygen atoms in total. The highest BCUT2D eigenvalue weighted by molar-refractivity contribution is 7.91. The van der Waals surface area contributed by atoms with Gasteiger partial charge in [0.15, 0.2) is 0 Å². The van der Waals surface area contributed by atoms with Crippen molar-refractivity contribution < 1.29 is 31.1 Å². The first-order chi connectivity index (χ1) is 13.0. The lowest BCUT2D eigenvalue weighted by Crippen LogP contribution is -2.37. The van der Waals surface area contributed by atoms with Gasteiger partial charge in [-0.1, -0.05) is 12.1 Å². The molecule has 1 N–H and O–H groups in total. The van der Waals surface area contributed by atoms with Crippen LogP contribution in [-0.2, 0) is 21.1 Å². The second-order valence-electron chi connectivity index (χ2n) is 6.24. The van der Waals surface area contributed by atoms with Crippen LogP contribution in [0.2, 0.25) is 0 Å². The van der Waals surface area contributed by atoms with Crippen molar-refractivity contribution in [3.05, 3.63) is 53.1 Å². The maximum absolute atomic E-state index is 12.8. The van der Waals surface area contributed by atoms with Crippen LogP contribution in [0.15, 0.2) is 46.2 Å². The van der Waals surface area contributed by atoms with E-state index < -0.39 is 21.9 Å². The number of ether oxygens (including phenoxy) is 1. The fraction of sp³-hybridized carbons (Fsp3) is 0.316. The summed E-state index contributed by atoms with van der Waals surface area (Å²) in [4.78, 5) is 11.0. The minimum atomic E-state index is -4.92. The first kappa shape index (κ1) is 21.7. The molecule has 0 aromatic heterocycles. The minimum Gasteiger partial charge on any atom is -0.496 e. The molecule has 0 saturated heterocycles. The van der Waals surface area contributed by atoms with Crippen LogP contribution in [0.25, 0.3) is 0 Å². The van der Waals surface area contributed by atoms with Crippen LogP contribution in [0.4, 0.5) is 13.2 Å². The van der Waals surface area contributed by atoms with Gasteiger partial charge in [0.1, 0.15) is 5.75 Å². The molecule has 2 rings (SSSR count). The molecule has 9 heteroatoms. The summed E-state index contributed by atoms with van der Waals surface area (Å²) in [7, 11) is -2.24. The van der Waals surface area contributed by atoms with E-state index in [2.05, 4.69) is 0 Å². The fourth-order valence-corrected chi connectivity index (χ4v) is 4.21. The molecule has 152 valence electrons. The Morgan fingerprint density at radius 1 is 1.04 bits per heavy atom. The Labute approximate surface area is 161 Å². The average Bonchev–Trinajstić information content (AvgIpc) is 2.61. The molecule has 0 bridgehead atoms. The first-order valence-electron chi connectivity index (χ1n) is 8.31. The zero-order chi connectivity index (χ0) is 21.1. The van der Waals surface area contributed by atoms with E-state index in [0.717, 1.165) is 0 Å². The van der Waals surface area contributed by atoms with E-state index in [1.807, 2.05) is 0 Å². The maximum Gasteiger partial charge on any atom is 0.471 e. The normalized spacial score (nSPS) is 11.9. The van der Waals surface area contributed by atoms with Crippen LogP contribution in [0.1, 0.15) is 16.7 Å². The Hall–Kier alpha value is -2.55. The Kier molecular flexibility index (Phi) is 6.38. The van der Waals surface area contributed by atoms with Gasteiger partial charge in [-0.3, -0.25) is 4.79 Å². The lowest BCUT2D eigenvalue weighted by atomic mass is 10.1. The van der Waals surface area contributed by atoms with Gasteiger partial charge in [-0.2, -0.15) is 13.2 Å². The molecule has 1 amide bonds. The summed E-state index contributed by atoms with van der Waals surface area (Å²) in [5.41, 5.74) is 1.99. The molecule has 0 heterocycles. The van der Waals surface area contributed by atoms with Crippen molar-refractivity contribution in [1.29, 1.82) is 0 Å². The summed E-state index contributed by atoms with van der Waals surface area (Å²) < 4.78 is 67.3. The molecule has 0 spiro atoms. The number of carbonyl (C=O) groups is 1. The van der Waals surface area contributed by atoms with E-state index in [4.69, 9.17) is 4.74 Å². The zero-order valence-corrected chi connectivity index (χ0v) is 16.4. The van der Waals surface area contributed by atoms with E-state index in [9.17, 15) is 26.4 Å². The van der Waals surface area contributed by atoms with Gasteiger partial charge >= 0.3 is 12.1 Å². The van der Waals surface area contributed by atoms with E-state index in [1.54, 1.807) is 19.2 Å². The molecule has 2 aromatic rings. The van der Waals surface area contributed by atoms with E-state index in [0.29, 0.717) is 22.4 Å². The monoisotopic (exact) mass is 415 g/mol. The Morgan fingerprint density at radius 2 is 1.57 bits per heavy atom. The molecule has 0 radical (unpaired) electrons. The SMILES string of the molecule is COc1c(C)cc(S(=O)(=O)c2ccc(CCNC(=O)C(F)(F)F)cc2)cc1C. The van der Waals surface area contributed by atoms with Crippen molar-refractivity contribution in [2.75, 3.05) is 13.7 Å². The number of nitrogens with one attached hydrogen (secondary N) is 1. The average molecular weight is 415 g/mol. The van der Waals surface area contributed by atoms with Crippen LogP contribution >= 0.6 is 0 Å². The summed E-state index contributed by atoms with van der Waals surface area (Å²) in [6.45, 7) is 3.30. The van der Waals surface area contributed by atoms with Gasteiger partial charge < -0.3 is 10.1 Å². The van der Waals surface area contributed by atoms with Gasteiger partial charge in [-0.25, -0.2) is 8.42 Å². The van der Waals surface area contributed by atoms with Crippen molar-refractivity contribution in [2.45, 2.75) is 36.2 Å². The van der Waals surface area contributed by atoms with Gasteiger partial charge in [-0.05, 0) is 61.2 Å². The lowest BCUT2D eigenvalue weighted by Gasteiger charge is -2.12. The summed E-state index contributed by atoms with van der Waals surface area (Å²) in [5.74, 6) is -1.38. The molecular formula is C19H20F3NO4S. The van der Waals surface area contributed by atoms with Crippen LogP contribution in [-0.4, -0.2) is 34.2 Å². The third kappa shape index (κ3) is 4.83. The quantitative estimate of drug-likeness (QED) is 0.785. The van der Waals surface area contributed by atoms with Crippen molar-refractivity contribution in [1.82, 2.24) is 5.32 Å². The minimum absolute atomic E-state index is 0.0690. The first-order valence-corrected chi connectivity index (χ1v) is 9.79. The number of aryl methyl sites for hydroxylation is 2. The number of sulfone groups is 1. The number of alkyl halides is 3. The number of carbonyl (C=O) groups excluding carboxylic acids is 1. The van der Waals surface area contributed by atoms with E-state index in [-0.39, 0.29) is 22.8 Å². The number of amides is 1. The van der Waals surface area contributed by atoms with Crippen molar-refractivity contribution in [2.24, 2.45) is 0 Å². The number of methoxy groups -OCH3 is 1. The standard InChI is InChI=1S/C19H20F3NO4S/c1-12-10-16(11-13(2)17(12)27-3)28(25,26)15-6-4-14(5-7-15)8-9-23-18(24)19(20,21)22/h4-7,10-11H,8-9H2,1-3H3,(H,23,24). The molecule has 0 aliphatic carbocycles. The van der Waals surface area contributed by atoms with Crippen molar-refractivity contribution >= 4 is 15.7 Å². The number of halogens is 3. The number of rotatable bonds is 6. The predicted molar refractivity (Wildman–Crippen MR) is 97.1 cm³/mol. The van der Waals surface area contributed by atoms with Crippen molar-refractivity contribution in [3.63, 3.8) is 0 Å². The molecule has 28 heavy (non-hydrogen) atoms. The Bertz CT molecular complexity index is 945. The van der Waals surface area contributed by atoms with Gasteiger partial charge in [0.05, 0.1) is 16.9 Å². The molecule has 0 aliphatic rings. The zero-order valence-electron chi connectivity index (χ0n) is 15.6. The summed E-state index contributed by atoms with van der Waals surface area (Å²) in [5, 5.41) is 1.77. The maximum atomic E-state index is 12.8. The van der Waals surface area contributed by atoms with Crippen LogP contribution in [0.5, 0.6) is 5.75 Å². The molecule has 0 atom stereocenters. The molecule has 0 fully saturated rings. The summed E-state index contributed by atoms with van der Waals surface area (Å²) in [6.07, 6.45) is -4.78. The van der Waals surface area contributed by atoms with Crippen molar-refractivity contribution in [3.8, 4) is 5.75 Å². The number of hydrogen-bond donors (Lipinski definition) is 1. The van der Waals surface area contributed by atoms with Crippen LogP contribution < -0.4 is 10.1 Å². The Morgan fingerprint density at radius 3 is 2.04 bits per heavy atom. The third-order valence-corrected chi connectivity index (χ3v) is 5.89. The molecular weight excluding hydrogens is 395 g/mol. The van der Waals surface area contributed by atoms with Gasteiger partial charge in [0.25, 0.3) is 0 Å². The smallest absolute Gasteiger partial charge is 0.471 e. The highest BCUT2D eigenvalue weighted by Gasteiger charge is 2.38. The van der Waals surface area contributed by atoms with Gasteiger partial charge in [0.2, 0.25) is 9.84 Å². The third-order valence-electron chi connectivity index (χ3n) is 4.14. The summed E-state index contributed by atoms with van der Waals surface area (Å²) in [6, 6.07) is 8.87. The highest BCUT2D eigenvalue weighted by Crippen LogP contribution is 2.29. The second kappa shape index (κ2) is 8.22. The van der Waals surface area contributed by atoms with E-state index >= 15 is 0 Å². The molecule has 0 saturated carbocycles. The van der Waals surface area contributed by atoms with Gasteiger partial charge in [0, 0.05) is 6.54 Å². The fourth-order valence-electron chi connectivity index (χ4n) is 2.78. The highest BCUT2D eigenvalue weighted by atomic mass is 32.2. The number of hydrogen-bond acceptors (Lipinski definition) is 4.